The minimum Gasteiger partial charge on any atom is -0.239 e. The van der Waals surface area contributed by atoms with Crippen LogP contribution in [0.3, 0.4) is 0 Å². The molecule has 0 aliphatic heterocycles. The summed E-state index contributed by atoms with van der Waals surface area (Å²) in [4.78, 5) is 8.06. The summed E-state index contributed by atoms with van der Waals surface area (Å²) in [6.07, 6.45) is 1.56. The molecule has 0 saturated carbocycles. The van der Waals surface area contributed by atoms with Crippen LogP contribution in [0, 0.1) is 18.3 Å². The van der Waals surface area contributed by atoms with Crippen molar-refractivity contribution in [3.8, 4) is 17.3 Å². The molecule has 0 aliphatic carbocycles. The summed E-state index contributed by atoms with van der Waals surface area (Å²) < 4.78 is 0. The smallest absolute Gasteiger partial charge is 0.178 e. The highest BCUT2D eigenvalue weighted by Crippen LogP contribution is 2.19. The number of aryl methyl sites for hydroxylation is 1. The largest absolute Gasteiger partial charge is 0.239 e. The lowest BCUT2D eigenvalue weighted by Gasteiger charge is -2.01. The van der Waals surface area contributed by atoms with Crippen LogP contribution in [-0.2, 0) is 0 Å². The second kappa shape index (κ2) is 4.30. The minimum atomic E-state index is 0.137. The van der Waals surface area contributed by atoms with Gasteiger partial charge in [-0.15, -0.1) is 0 Å². The van der Waals surface area contributed by atoms with E-state index in [0.717, 1.165) is 5.56 Å². The van der Waals surface area contributed by atoms with E-state index in [0.29, 0.717) is 5.69 Å². The van der Waals surface area contributed by atoms with E-state index in [1.165, 1.54) is 5.56 Å². The highest BCUT2D eigenvalue weighted by atomic mass is 35.5. The lowest BCUT2D eigenvalue weighted by molar-refractivity contribution is 1.17. The van der Waals surface area contributed by atoms with Crippen molar-refractivity contribution in [2.24, 2.45) is 0 Å². The molecule has 0 unspecified atom stereocenters. The number of rotatable bonds is 1. The molecule has 2 aromatic rings. The van der Waals surface area contributed by atoms with Gasteiger partial charge in [0.25, 0.3) is 0 Å². The third kappa shape index (κ3) is 2.02. The highest BCUT2D eigenvalue weighted by Gasteiger charge is 2.05. The Morgan fingerprint density at radius 1 is 1.25 bits per heavy atom. The molecule has 1 aromatic carbocycles. The maximum Gasteiger partial charge on any atom is 0.178 e. The van der Waals surface area contributed by atoms with E-state index >= 15 is 0 Å². The first-order valence-corrected chi connectivity index (χ1v) is 5.08. The summed E-state index contributed by atoms with van der Waals surface area (Å²) >= 11 is 5.71. The lowest BCUT2D eigenvalue weighted by Crippen LogP contribution is -1.92. The van der Waals surface area contributed by atoms with Crippen molar-refractivity contribution in [2.45, 2.75) is 6.92 Å². The number of hydrogen-bond acceptors (Lipinski definition) is 3. The second-order valence-electron chi connectivity index (χ2n) is 3.37. The van der Waals surface area contributed by atoms with Crippen LogP contribution in [0.2, 0.25) is 5.15 Å². The molecule has 2 rings (SSSR count). The Morgan fingerprint density at radius 3 is 2.56 bits per heavy atom. The van der Waals surface area contributed by atoms with Crippen molar-refractivity contribution >= 4 is 11.6 Å². The van der Waals surface area contributed by atoms with Crippen LogP contribution < -0.4 is 0 Å². The van der Waals surface area contributed by atoms with Gasteiger partial charge in [-0.2, -0.15) is 5.26 Å². The summed E-state index contributed by atoms with van der Waals surface area (Å²) in [6.45, 7) is 2.01. The third-order valence-electron chi connectivity index (χ3n) is 2.18. The highest BCUT2D eigenvalue weighted by molar-refractivity contribution is 6.30. The van der Waals surface area contributed by atoms with Crippen LogP contribution >= 0.6 is 11.6 Å². The lowest BCUT2D eigenvalue weighted by atomic mass is 10.1. The first-order valence-electron chi connectivity index (χ1n) is 4.70. The molecule has 1 heterocycles. The average Bonchev–Trinajstić information content (AvgIpc) is 2.31. The maximum atomic E-state index is 8.80. The number of hydrogen-bond donors (Lipinski definition) is 0. The molecule has 0 spiro atoms. The molecule has 3 nitrogen and oxygen atoms in total. The van der Waals surface area contributed by atoms with E-state index in [-0.39, 0.29) is 10.8 Å². The Hall–Kier alpha value is -1.92. The van der Waals surface area contributed by atoms with Crippen LogP contribution in [0.5, 0.6) is 0 Å². The zero-order chi connectivity index (χ0) is 11.5. The summed E-state index contributed by atoms with van der Waals surface area (Å²) in [5.41, 5.74) is 2.90. The fourth-order valence-electron chi connectivity index (χ4n) is 1.31. The van der Waals surface area contributed by atoms with E-state index in [2.05, 4.69) is 9.97 Å². The molecular weight excluding hydrogens is 222 g/mol. The predicted molar refractivity (Wildman–Crippen MR) is 61.9 cm³/mol. The van der Waals surface area contributed by atoms with E-state index < -0.39 is 0 Å². The summed E-state index contributed by atoms with van der Waals surface area (Å²) in [7, 11) is 0. The Balaban J connectivity index is 2.49. The summed E-state index contributed by atoms with van der Waals surface area (Å²) in [5.74, 6) is 0. The Kier molecular flexibility index (Phi) is 2.84. The number of halogens is 1. The number of nitriles is 1. The molecule has 0 amide bonds. The van der Waals surface area contributed by atoms with Crippen molar-refractivity contribution in [3.63, 3.8) is 0 Å². The van der Waals surface area contributed by atoms with Crippen molar-refractivity contribution in [2.75, 3.05) is 0 Å². The van der Waals surface area contributed by atoms with E-state index in [9.17, 15) is 0 Å². The minimum absolute atomic E-state index is 0.137. The fourth-order valence-corrected chi connectivity index (χ4v) is 1.44. The van der Waals surface area contributed by atoms with Gasteiger partial charge in [0.1, 0.15) is 6.07 Å². The van der Waals surface area contributed by atoms with Crippen molar-refractivity contribution in [3.05, 3.63) is 46.9 Å². The van der Waals surface area contributed by atoms with Gasteiger partial charge in [-0.3, -0.25) is 0 Å². The van der Waals surface area contributed by atoms with Gasteiger partial charge in [0, 0.05) is 5.56 Å². The number of nitrogens with zero attached hydrogens (tertiary/aromatic N) is 3. The standard InChI is InChI=1S/C12H8ClN3/c1-8-2-4-9(5-3-8)11-7-15-12(13)10(6-14)16-11/h2-5,7H,1H3. The van der Waals surface area contributed by atoms with E-state index in [4.69, 9.17) is 16.9 Å². The molecule has 0 saturated heterocycles. The SMILES string of the molecule is Cc1ccc(-c2cnc(Cl)c(C#N)n2)cc1. The van der Waals surface area contributed by atoms with Gasteiger partial charge in [-0.05, 0) is 6.92 Å². The second-order valence-corrected chi connectivity index (χ2v) is 3.73. The molecule has 0 atom stereocenters. The Labute approximate surface area is 98.4 Å². The summed E-state index contributed by atoms with van der Waals surface area (Å²) in [5, 5.41) is 8.93. The van der Waals surface area contributed by atoms with Crippen LogP contribution in [0.1, 0.15) is 11.3 Å². The molecule has 0 N–H and O–H groups in total. The van der Waals surface area contributed by atoms with Crippen LogP contribution in [-0.4, -0.2) is 9.97 Å². The monoisotopic (exact) mass is 229 g/mol. The van der Waals surface area contributed by atoms with Crippen molar-refractivity contribution in [1.29, 1.82) is 5.26 Å². The molecule has 16 heavy (non-hydrogen) atoms. The fraction of sp³-hybridized carbons (Fsp3) is 0.0833. The zero-order valence-electron chi connectivity index (χ0n) is 8.61. The molecule has 0 fully saturated rings. The van der Waals surface area contributed by atoms with Gasteiger partial charge in [0.2, 0.25) is 0 Å². The third-order valence-corrected chi connectivity index (χ3v) is 2.46. The molecule has 0 bridgehead atoms. The number of aromatic nitrogens is 2. The van der Waals surface area contributed by atoms with Crippen molar-refractivity contribution in [1.82, 2.24) is 9.97 Å². The first-order chi connectivity index (χ1) is 7.70. The maximum absolute atomic E-state index is 8.80. The van der Waals surface area contributed by atoms with Gasteiger partial charge in [-0.25, -0.2) is 9.97 Å². The quantitative estimate of drug-likeness (QED) is 0.755. The normalized spacial score (nSPS) is 9.81. The predicted octanol–water partition coefficient (Wildman–Crippen LogP) is 2.98. The molecule has 1 aromatic heterocycles. The van der Waals surface area contributed by atoms with E-state index in [1.807, 2.05) is 37.3 Å². The van der Waals surface area contributed by atoms with Gasteiger partial charge >= 0.3 is 0 Å². The zero-order valence-corrected chi connectivity index (χ0v) is 9.36. The van der Waals surface area contributed by atoms with Gasteiger partial charge in [0.15, 0.2) is 10.8 Å². The van der Waals surface area contributed by atoms with Crippen LogP contribution in [0.25, 0.3) is 11.3 Å². The number of benzene rings is 1. The average molecular weight is 230 g/mol. The first kappa shape index (κ1) is 10.6. The molecule has 0 aliphatic rings. The van der Waals surface area contributed by atoms with Crippen molar-refractivity contribution < 1.29 is 0 Å². The molecule has 0 radical (unpaired) electrons. The molecule has 78 valence electrons. The van der Waals surface area contributed by atoms with Gasteiger partial charge < -0.3 is 0 Å². The van der Waals surface area contributed by atoms with Crippen LogP contribution in [0.15, 0.2) is 30.5 Å². The van der Waals surface area contributed by atoms with Gasteiger partial charge in [0.05, 0.1) is 11.9 Å². The Bertz CT molecular complexity index is 555. The topological polar surface area (TPSA) is 49.6 Å². The van der Waals surface area contributed by atoms with Crippen LogP contribution in [0.4, 0.5) is 0 Å². The summed E-state index contributed by atoms with van der Waals surface area (Å²) in [6, 6.07) is 9.76. The molecular formula is C12H8ClN3. The molecule has 4 heteroatoms. The Morgan fingerprint density at radius 2 is 1.94 bits per heavy atom. The van der Waals surface area contributed by atoms with Gasteiger partial charge in [-0.1, -0.05) is 41.4 Å². The van der Waals surface area contributed by atoms with E-state index in [1.54, 1.807) is 6.20 Å².